The van der Waals surface area contributed by atoms with Crippen LogP contribution >= 0.6 is 7.82 Å². The van der Waals surface area contributed by atoms with Crippen molar-refractivity contribution in [3.8, 4) is 0 Å². The lowest BCUT2D eigenvalue weighted by Crippen LogP contribution is -2.45. The van der Waals surface area contributed by atoms with E-state index in [0.29, 0.717) is 17.4 Å². The number of unbranched alkanes of at least 4 members (excludes halogenated alkanes) is 31. The number of rotatable bonds is 50. The first-order valence-electron chi connectivity index (χ1n) is 27.5. The van der Waals surface area contributed by atoms with E-state index in [2.05, 4.69) is 55.6 Å². The van der Waals surface area contributed by atoms with Gasteiger partial charge in [0.1, 0.15) is 13.2 Å². The molecule has 1 amide bonds. The molecule has 0 aliphatic rings. The number of hydrogen-bond donors (Lipinski definition) is 3. The molecular formula is C56H108N2O6P+. The number of nitrogens with one attached hydrogen (secondary N) is 1. The number of nitrogens with zero attached hydrogens (tertiary/aromatic N) is 1. The van der Waals surface area contributed by atoms with Crippen LogP contribution in [0.5, 0.6) is 0 Å². The molecule has 0 radical (unpaired) electrons. The Kier molecular flexibility index (Phi) is 46.4. The Labute approximate surface area is 403 Å². The summed E-state index contributed by atoms with van der Waals surface area (Å²) >= 11 is 0. The highest BCUT2D eigenvalue weighted by Gasteiger charge is 2.27. The van der Waals surface area contributed by atoms with Crippen molar-refractivity contribution in [1.82, 2.24) is 5.32 Å². The van der Waals surface area contributed by atoms with Gasteiger partial charge in [-0.15, -0.1) is 0 Å². The molecule has 3 N–H and O–H groups in total. The third-order valence-electron chi connectivity index (χ3n) is 12.3. The Morgan fingerprint density at radius 1 is 0.523 bits per heavy atom. The van der Waals surface area contributed by atoms with Crippen molar-refractivity contribution in [3.63, 3.8) is 0 Å². The highest BCUT2D eigenvalue weighted by atomic mass is 31.2. The summed E-state index contributed by atoms with van der Waals surface area (Å²) < 4.78 is 23.7. The predicted octanol–water partition coefficient (Wildman–Crippen LogP) is 16.4. The summed E-state index contributed by atoms with van der Waals surface area (Å²) in [5, 5.41) is 13.9. The van der Waals surface area contributed by atoms with E-state index >= 15 is 0 Å². The molecule has 65 heavy (non-hydrogen) atoms. The van der Waals surface area contributed by atoms with E-state index in [0.717, 1.165) is 44.9 Å². The van der Waals surface area contributed by atoms with Crippen molar-refractivity contribution in [2.45, 2.75) is 264 Å². The van der Waals surface area contributed by atoms with Gasteiger partial charge in [0.05, 0.1) is 39.9 Å². The second-order valence-electron chi connectivity index (χ2n) is 19.9. The normalized spacial score (nSPS) is 14.4. The molecule has 0 aromatic rings. The average molecular weight is 936 g/mol. The molecule has 0 rings (SSSR count). The molecule has 8 nitrogen and oxygen atoms in total. The zero-order valence-corrected chi connectivity index (χ0v) is 44.4. The van der Waals surface area contributed by atoms with Crippen molar-refractivity contribution in [1.29, 1.82) is 0 Å². The summed E-state index contributed by atoms with van der Waals surface area (Å²) in [5.74, 6) is -0.190. The fraction of sp³-hybridized carbons (Fsp3) is 0.839. The highest BCUT2D eigenvalue weighted by Crippen LogP contribution is 2.43. The van der Waals surface area contributed by atoms with Crippen molar-refractivity contribution in [2.24, 2.45) is 0 Å². The molecule has 0 saturated heterocycles. The fourth-order valence-corrected chi connectivity index (χ4v) is 8.65. The number of amides is 1. The molecule has 382 valence electrons. The van der Waals surface area contributed by atoms with Gasteiger partial charge in [0.15, 0.2) is 0 Å². The zero-order valence-electron chi connectivity index (χ0n) is 43.5. The fourth-order valence-electron chi connectivity index (χ4n) is 7.91. The van der Waals surface area contributed by atoms with E-state index in [1.54, 1.807) is 6.08 Å². The molecule has 0 fully saturated rings. The maximum Gasteiger partial charge on any atom is 0.472 e. The van der Waals surface area contributed by atoms with Gasteiger partial charge >= 0.3 is 7.82 Å². The number of phosphoric ester groups is 1. The number of allylic oxidation sites excluding steroid dienone is 7. The third kappa shape index (κ3) is 50.2. The summed E-state index contributed by atoms with van der Waals surface area (Å²) in [4.78, 5) is 23.3. The van der Waals surface area contributed by atoms with Crippen molar-refractivity contribution >= 4 is 13.7 Å². The average Bonchev–Trinajstić information content (AvgIpc) is 3.26. The molecule has 9 heteroatoms. The second-order valence-corrected chi connectivity index (χ2v) is 21.4. The smallest absolute Gasteiger partial charge is 0.387 e. The predicted molar refractivity (Wildman–Crippen MR) is 281 cm³/mol. The molecule has 0 aliphatic carbocycles. The number of likely N-dealkylation sites (N-methyl/N-ethyl adjacent to an activating group) is 1. The first-order chi connectivity index (χ1) is 31.5. The maximum absolute atomic E-state index is 12.9. The van der Waals surface area contributed by atoms with Gasteiger partial charge in [0.2, 0.25) is 5.91 Å². The van der Waals surface area contributed by atoms with Crippen LogP contribution in [0.4, 0.5) is 0 Å². The highest BCUT2D eigenvalue weighted by molar-refractivity contribution is 7.47. The number of carbonyl (C=O) groups is 1. The van der Waals surface area contributed by atoms with Gasteiger partial charge in [-0.25, -0.2) is 4.57 Å². The van der Waals surface area contributed by atoms with Crippen LogP contribution in [-0.4, -0.2) is 73.4 Å². The van der Waals surface area contributed by atoms with E-state index < -0.39 is 20.0 Å². The van der Waals surface area contributed by atoms with Crippen LogP contribution in [-0.2, 0) is 18.4 Å². The van der Waals surface area contributed by atoms with Crippen molar-refractivity contribution in [2.75, 3.05) is 40.9 Å². The molecule has 3 atom stereocenters. The Morgan fingerprint density at radius 2 is 0.892 bits per heavy atom. The van der Waals surface area contributed by atoms with Gasteiger partial charge in [0.25, 0.3) is 0 Å². The van der Waals surface area contributed by atoms with Crippen LogP contribution < -0.4 is 5.32 Å². The summed E-state index contributed by atoms with van der Waals surface area (Å²) in [7, 11) is 1.55. The van der Waals surface area contributed by atoms with Gasteiger partial charge in [-0.3, -0.25) is 13.8 Å². The number of aliphatic hydroxyl groups excluding tert-OH is 1. The summed E-state index contributed by atoms with van der Waals surface area (Å²) in [6.45, 7) is 4.79. The van der Waals surface area contributed by atoms with Crippen LogP contribution in [0.25, 0.3) is 0 Å². The van der Waals surface area contributed by atoms with Crippen molar-refractivity contribution in [3.05, 3.63) is 48.6 Å². The molecule has 0 aliphatic heterocycles. The summed E-state index contributed by atoms with van der Waals surface area (Å²) in [5.41, 5.74) is 0. The minimum atomic E-state index is -4.36. The Hall–Kier alpha value is -1.54. The molecule has 0 heterocycles. The first-order valence-corrected chi connectivity index (χ1v) is 29.0. The van der Waals surface area contributed by atoms with E-state index in [9.17, 15) is 19.4 Å². The van der Waals surface area contributed by atoms with Gasteiger partial charge < -0.3 is 19.8 Å². The topological polar surface area (TPSA) is 105 Å². The van der Waals surface area contributed by atoms with E-state index in [4.69, 9.17) is 9.05 Å². The van der Waals surface area contributed by atoms with Gasteiger partial charge in [-0.2, -0.15) is 0 Å². The third-order valence-corrected chi connectivity index (χ3v) is 13.3. The largest absolute Gasteiger partial charge is 0.472 e. The Balaban J connectivity index is 4.30. The molecule has 0 spiro atoms. The van der Waals surface area contributed by atoms with Crippen LogP contribution in [0.3, 0.4) is 0 Å². The lowest BCUT2D eigenvalue weighted by molar-refractivity contribution is -0.870. The minimum absolute atomic E-state index is 0.0545. The zero-order chi connectivity index (χ0) is 47.8. The van der Waals surface area contributed by atoms with Crippen LogP contribution in [0.15, 0.2) is 48.6 Å². The van der Waals surface area contributed by atoms with Crippen LogP contribution in [0.1, 0.15) is 251 Å². The molecule has 3 unspecified atom stereocenters. The SMILES string of the molecule is CCCCC/C=C\C/C=C\CCCCCCCCCCCC(=O)NC(COP(=O)(O)OCC[N+](C)(C)C)C(O)/C=C/CC/C=C/CCCCCCCCCCCCCCCCCCCC. The van der Waals surface area contributed by atoms with Gasteiger partial charge in [-0.05, 0) is 64.2 Å². The standard InChI is InChI=1S/C56H107N2O6P/c1-6-8-10-12-14-16-18-20-22-24-26-27-28-29-30-32-33-35-37-39-41-43-45-47-49-55(59)54(53-64-65(61,62)63-52-51-58(3,4)5)57-56(60)50-48-46-44-42-40-38-36-34-31-25-23-21-19-17-15-13-11-9-7-2/h15,17,21,23,39,41,47,49,54-55,59H,6-14,16,18-20,22,24-38,40,42-46,48,50-53H2,1-5H3,(H-,57,60,61,62)/p+1/b17-15-,23-21-,41-39+,49-47+. The second kappa shape index (κ2) is 47.5. The summed E-state index contributed by atoms with van der Waals surface area (Å²) in [6.07, 6.45) is 62.0. The van der Waals surface area contributed by atoms with E-state index in [-0.39, 0.29) is 19.1 Å². The van der Waals surface area contributed by atoms with Crippen molar-refractivity contribution < 1.29 is 32.9 Å². The van der Waals surface area contributed by atoms with Crippen LogP contribution in [0.2, 0.25) is 0 Å². The number of hydrogen-bond acceptors (Lipinski definition) is 5. The molecule has 0 aromatic carbocycles. The number of phosphoric acid groups is 1. The Bertz CT molecular complexity index is 1200. The monoisotopic (exact) mass is 936 g/mol. The van der Waals surface area contributed by atoms with E-state index in [1.165, 1.54) is 186 Å². The molecular weight excluding hydrogens is 828 g/mol. The quantitative estimate of drug-likeness (QED) is 0.0243. The maximum atomic E-state index is 12.9. The number of quaternary nitrogens is 1. The molecule has 0 bridgehead atoms. The summed E-state index contributed by atoms with van der Waals surface area (Å²) in [6, 6.07) is -0.867. The van der Waals surface area contributed by atoms with Gasteiger partial charge in [0, 0.05) is 6.42 Å². The lowest BCUT2D eigenvalue weighted by atomic mass is 10.0. The van der Waals surface area contributed by atoms with E-state index in [1.807, 2.05) is 27.2 Å². The molecule has 0 saturated carbocycles. The van der Waals surface area contributed by atoms with Crippen LogP contribution in [0, 0.1) is 0 Å². The number of carbonyl (C=O) groups excluding carboxylic acids is 1. The Morgan fingerprint density at radius 3 is 1.35 bits per heavy atom. The minimum Gasteiger partial charge on any atom is -0.387 e. The lowest BCUT2D eigenvalue weighted by Gasteiger charge is -2.25. The molecule has 0 aromatic heterocycles. The van der Waals surface area contributed by atoms with Gasteiger partial charge in [-0.1, -0.05) is 229 Å². The first kappa shape index (κ1) is 63.5. The number of aliphatic hydroxyl groups is 1.